The average molecular weight is 390 g/mol. The summed E-state index contributed by atoms with van der Waals surface area (Å²) in [6.07, 6.45) is 1.72. The lowest BCUT2D eigenvalue weighted by Crippen LogP contribution is -2.05. The number of non-ortho nitro benzene ring substituents is 1. The number of nitro benzene ring substituents is 1. The number of aromatic nitrogens is 1. The number of anilines is 1. The Hall–Kier alpha value is -3.83. The van der Waals surface area contributed by atoms with Gasteiger partial charge in [0.05, 0.1) is 16.2 Å². The summed E-state index contributed by atoms with van der Waals surface area (Å²) in [5.41, 5.74) is 3.29. The van der Waals surface area contributed by atoms with Crippen molar-refractivity contribution in [3.8, 4) is 17.3 Å². The van der Waals surface area contributed by atoms with E-state index >= 15 is 0 Å². The Morgan fingerprint density at radius 3 is 2.46 bits per heavy atom. The van der Waals surface area contributed by atoms with Crippen LogP contribution in [0.4, 0.5) is 11.4 Å². The SMILES string of the molecule is CC(=O)Nc1ccc(/C=C(\C#N)c2nc(-c3ccc([N+](=O)[O-])cc3)cs2)cc1. The number of hydrogen-bond acceptors (Lipinski definition) is 6. The normalized spacial score (nSPS) is 10.9. The second-order valence-electron chi connectivity index (χ2n) is 5.81. The fourth-order valence-electron chi connectivity index (χ4n) is 2.46. The minimum Gasteiger partial charge on any atom is -0.326 e. The summed E-state index contributed by atoms with van der Waals surface area (Å²) in [4.78, 5) is 25.9. The largest absolute Gasteiger partial charge is 0.326 e. The second kappa shape index (κ2) is 8.24. The summed E-state index contributed by atoms with van der Waals surface area (Å²) in [5, 5.41) is 25.3. The van der Waals surface area contributed by atoms with Gasteiger partial charge in [0.2, 0.25) is 5.91 Å². The van der Waals surface area contributed by atoms with Crippen LogP contribution >= 0.6 is 11.3 Å². The Labute approximate surface area is 164 Å². The third-order valence-electron chi connectivity index (χ3n) is 3.77. The first kappa shape index (κ1) is 18.9. The molecular weight excluding hydrogens is 376 g/mol. The molecule has 0 atom stereocenters. The Bertz CT molecular complexity index is 1090. The van der Waals surface area contributed by atoms with Gasteiger partial charge in [0, 0.05) is 35.7 Å². The first-order valence-corrected chi connectivity index (χ1v) is 9.04. The maximum Gasteiger partial charge on any atom is 0.269 e. The van der Waals surface area contributed by atoms with Crippen LogP contribution < -0.4 is 5.32 Å². The Kier molecular flexibility index (Phi) is 5.58. The molecule has 0 unspecified atom stereocenters. The summed E-state index contributed by atoms with van der Waals surface area (Å²) in [6.45, 7) is 1.44. The van der Waals surface area contributed by atoms with E-state index in [0.717, 1.165) is 11.1 Å². The van der Waals surface area contributed by atoms with E-state index in [9.17, 15) is 20.2 Å². The molecule has 7 nitrogen and oxygen atoms in total. The van der Waals surface area contributed by atoms with Crippen molar-refractivity contribution < 1.29 is 9.72 Å². The molecule has 0 aliphatic carbocycles. The minimum absolute atomic E-state index is 0.0134. The number of benzene rings is 2. The quantitative estimate of drug-likeness (QED) is 0.384. The number of rotatable bonds is 5. The number of amides is 1. The molecule has 2 aromatic carbocycles. The number of nitriles is 1. The van der Waals surface area contributed by atoms with Crippen LogP contribution in [0.3, 0.4) is 0 Å². The molecule has 1 aromatic heterocycles. The first-order valence-electron chi connectivity index (χ1n) is 8.16. The Morgan fingerprint density at radius 2 is 1.89 bits per heavy atom. The molecule has 1 N–H and O–H groups in total. The van der Waals surface area contributed by atoms with Gasteiger partial charge in [-0.2, -0.15) is 5.26 Å². The fourth-order valence-corrected chi connectivity index (χ4v) is 3.25. The van der Waals surface area contributed by atoms with E-state index < -0.39 is 4.92 Å². The molecule has 0 aliphatic heterocycles. The number of nitrogens with one attached hydrogen (secondary N) is 1. The van der Waals surface area contributed by atoms with Crippen LogP contribution in [0.25, 0.3) is 22.9 Å². The smallest absolute Gasteiger partial charge is 0.269 e. The second-order valence-corrected chi connectivity index (χ2v) is 6.67. The van der Waals surface area contributed by atoms with Crippen molar-refractivity contribution in [1.29, 1.82) is 5.26 Å². The number of carbonyl (C=O) groups excluding carboxylic acids is 1. The van der Waals surface area contributed by atoms with Gasteiger partial charge in [-0.15, -0.1) is 11.3 Å². The lowest BCUT2D eigenvalue weighted by atomic mass is 10.1. The highest BCUT2D eigenvalue weighted by Gasteiger charge is 2.11. The summed E-state index contributed by atoms with van der Waals surface area (Å²) in [6, 6.07) is 15.4. The Balaban J connectivity index is 1.83. The molecule has 1 heterocycles. The van der Waals surface area contributed by atoms with Gasteiger partial charge in [0.1, 0.15) is 11.1 Å². The van der Waals surface area contributed by atoms with Gasteiger partial charge in [-0.25, -0.2) is 4.98 Å². The lowest BCUT2D eigenvalue weighted by Gasteiger charge is -2.02. The number of allylic oxidation sites excluding steroid dienone is 1. The molecule has 0 saturated heterocycles. The van der Waals surface area contributed by atoms with Crippen LogP contribution in [0.2, 0.25) is 0 Å². The lowest BCUT2D eigenvalue weighted by molar-refractivity contribution is -0.384. The molecule has 0 fully saturated rings. The molecule has 0 spiro atoms. The summed E-state index contributed by atoms with van der Waals surface area (Å²) in [7, 11) is 0. The highest BCUT2D eigenvalue weighted by atomic mass is 32.1. The summed E-state index contributed by atoms with van der Waals surface area (Å²) in [5.74, 6) is -0.150. The maximum absolute atomic E-state index is 11.1. The molecule has 3 rings (SSSR count). The van der Waals surface area contributed by atoms with Crippen molar-refractivity contribution in [2.45, 2.75) is 6.92 Å². The van der Waals surface area contributed by atoms with E-state index in [-0.39, 0.29) is 11.6 Å². The van der Waals surface area contributed by atoms with Crippen LogP contribution in [0, 0.1) is 21.4 Å². The third-order valence-corrected chi connectivity index (χ3v) is 4.65. The van der Waals surface area contributed by atoms with Crippen molar-refractivity contribution in [3.05, 3.63) is 74.6 Å². The van der Waals surface area contributed by atoms with Crippen molar-refractivity contribution in [2.24, 2.45) is 0 Å². The number of nitro groups is 1. The first-order chi connectivity index (χ1) is 13.5. The molecule has 3 aromatic rings. The topological polar surface area (TPSA) is 109 Å². The molecular formula is C20H14N4O3S. The van der Waals surface area contributed by atoms with Gasteiger partial charge in [0.25, 0.3) is 5.69 Å². The van der Waals surface area contributed by atoms with E-state index in [1.807, 2.05) is 5.38 Å². The molecule has 0 bridgehead atoms. The standard InChI is InChI=1S/C20H14N4O3S/c1-13(25)22-17-6-2-14(3-7-17)10-16(11-21)20-23-19(12-28-20)15-4-8-18(9-5-15)24(26)27/h2-10,12H,1H3,(H,22,25)/b16-10+. The van der Waals surface area contributed by atoms with Crippen LogP contribution in [0.5, 0.6) is 0 Å². The van der Waals surface area contributed by atoms with E-state index in [0.29, 0.717) is 22.0 Å². The maximum atomic E-state index is 11.1. The van der Waals surface area contributed by atoms with Gasteiger partial charge in [-0.3, -0.25) is 14.9 Å². The third kappa shape index (κ3) is 4.47. The number of thiazole rings is 1. The zero-order chi connectivity index (χ0) is 20.1. The van der Waals surface area contributed by atoms with Gasteiger partial charge in [-0.05, 0) is 35.9 Å². The zero-order valence-corrected chi connectivity index (χ0v) is 15.6. The van der Waals surface area contributed by atoms with Crippen LogP contribution in [-0.2, 0) is 4.79 Å². The molecule has 0 radical (unpaired) electrons. The molecule has 8 heteroatoms. The van der Waals surface area contributed by atoms with Crippen molar-refractivity contribution >= 4 is 40.3 Å². The van der Waals surface area contributed by atoms with Crippen LogP contribution in [0.1, 0.15) is 17.5 Å². The minimum atomic E-state index is -0.454. The van der Waals surface area contributed by atoms with E-state index in [4.69, 9.17) is 0 Å². The molecule has 1 amide bonds. The average Bonchev–Trinajstić information content (AvgIpc) is 3.17. The van der Waals surface area contributed by atoms with Crippen molar-refractivity contribution in [3.63, 3.8) is 0 Å². The Morgan fingerprint density at radius 1 is 1.21 bits per heavy atom. The molecule has 28 heavy (non-hydrogen) atoms. The number of carbonyl (C=O) groups is 1. The fraction of sp³-hybridized carbons (Fsp3) is 0.0500. The molecule has 0 saturated carbocycles. The zero-order valence-electron chi connectivity index (χ0n) is 14.7. The summed E-state index contributed by atoms with van der Waals surface area (Å²) >= 11 is 1.33. The highest BCUT2D eigenvalue weighted by molar-refractivity contribution is 7.11. The number of nitrogens with zero attached hydrogens (tertiary/aromatic N) is 3. The van der Waals surface area contributed by atoms with Crippen molar-refractivity contribution in [2.75, 3.05) is 5.32 Å². The van der Waals surface area contributed by atoms with Crippen LogP contribution in [-0.4, -0.2) is 15.8 Å². The predicted molar refractivity (Wildman–Crippen MR) is 108 cm³/mol. The molecule has 0 aliphatic rings. The molecule has 138 valence electrons. The van der Waals surface area contributed by atoms with Gasteiger partial charge < -0.3 is 5.32 Å². The summed E-state index contributed by atoms with van der Waals surface area (Å²) < 4.78 is 0. The van der Waals surface area contributed by atoms with Gasteiger partial charge in [-0.1, -0.05) is 12.1 Å². The monoisotopic (exact) mass is 390 g/mol. The van der Waals surface area contributed by atoms with Crippen LogP contribution in [0.15, 0.2) is 53.9 Å². The van der Waals surface area contributed by atoms with E-state index in [2.05, 4.69) is 16.4 Å². The van der Waals surface area contributed by atoms with E-state index in [1.54, 1.807) is 42.5 Å². The van der Waals surface area contributed by atoms with Gasteiger partial charge >= 0.3 is 0 Å². The van der Waals surface area contributed by atoms with E-state index in [1.165, 1.54) is 30.4 Å². The van der Waals surface area contributed by atoms with Crippen molar-refractivity contribution in [1.82, 2.24) is 4.98 Å². The van der Waals surface area contributed by atoms with Gasteiger partial charge in [0.15, 0.2) is 0 Å². The predicted octanol–water partition coefficient (Wildman–Crippen LogP) is 4.74. The highest BCUT2D eigenvalue weighted by Crippen LogP contribution is 2.28. The number of hydrogen-bond donors (Lipinski definition) is 1.